The molecule has 0 spiro atoms. The lowest BCUT2D eigenvalue weighted by Gasteiger charge is -2.33. The van der Waals surface area contributed by atoms with Gasteiger partial charge >= 0.3 is 0 Å². The molecule has 1 aliphatic heterocycles. The van der Waals surface area contributed by atoms with Crippen LogP contribution in [0.5, 0.6) is 0 Å². The summed E-state index contributed by atoms with van der Waals surface area (Å²) in [5, 5.41) is 6.91. The van der Waals surface area contributed by atoms with Gasteiger partial charge in [0.1, 0.15) is 0 Å². The molecular weight excluding hydrogens is 364 g/mol. The third-order valence-corrected chi connectivity index (χ3v) is 6.34. The summed E-state index contributed by atoms with van der Waals surface area (Å²) in [7, 11) is 5.49. The van der Waals surface area contributed by atoms with E-state index in [0.717, 1.165) is 57.6 Å². The standard InChI is InChI=1S/C23H36N4O2/c1-24-22(26-17-23(13-7-8-14-23)21(28)27(2)3)25-16-19-12-9-15-29-20(19)18-10-5-4-6-11-18/h4-6,10-11,19-20H,7-9,12-17H2,1-3H3,(H2,24,25,26). The van der Waals surface area contributed by atoms with Crippen LogP contribution in [-0.4, -0.2) is 57.6 Å². The van der Waals surface area contributed by atoms with Crippen molar-refractivity contribution in [1.82, 2.24) is 15.5 Å². The predicted molar refractivity (Wildman–Crippen MR) is 117 cm³/mol. The smallest absolute Gasteiger partial charge is 0.230 e. The summed E-state index contributed by atoms with van der Waals surface area (Å²) in [4.78, 5) is 18.9. The highest BCUT2D eigenvalue weighted by Crippen LogP contribution is 2.39. The minimum Gasteiger partial charge on any atom is -0.373 e. The van der Waals surface area contributed by atoms with Gasteiger partial charge in [0.15, 0.2) is 5.96 Å². The Kier molecular flexibility index (Phi) is 7.53. The monoisotopic (exact) mass is 400 g/mol. The Morgan fingerprint density at radius 3 is 2.55 bits per heavy atom. The molecule has 2 fully saturated rings. The van der Waals surface area contributed by atoms with Crippen LogP contribution in [0.1, 0.15) is 50.2 Å². The Morgan fingerprint density at radius 2 is 1.90 bits per heavy atom. The van der Waals surface area contributed by atoms with E-state index in [2.05, 4.69) is 39.9 Å². The number of nitrogens with one attached hydrogen (secondary N) is 2. The molecule has 2 aliphatic rings. The van der Waals surface area contributed by atoms with Gasteiger partial charge in [-0.15, -0.1) is 0 Å². The molecule has 0 bridgehead atoms. The van der Waals surface area contributed by atoms with Gasteiger partial charge in [-0.3, -0.25) is 9.79 Å². The summed E-state index contributed by atoms with van der Waals surface area (Å²) in [5.41, 5.74) is 0.935. The van der Waals surface area contributed by atoms with Crippen LogP contribution in [0.25, 0.3) is 0 Å². The first-order chi connectivity index (χ1) is 14.1. The number of hydrogen-bond acceptors (Lipinski definition) is 3. The molecule has 1 amide bonds. The highest BCUT2D eigenvalue weighted by atomic mass is 16.5. The average Bonchev–Trinajstić information content (AvgIpc) is 3.24. The quantitative estimate of drug-likeness (QED) is 0.569. The number of rotatable bonds is 6. The molecule has 0 aromatic heterocycles. The van der Waals surface area contributed by atoms with Gasteiger partial charge in [-0.05, 0) is 31.2 Å². The van der Waals surface area contributed by atoms with Crippen molar-refractivity contribution < 1.29 is 9.53 Å². The van der Waals surface area contributed by atoms with Gasteiger partial charge in [0, 0.05) is 46.8 Å². The van der Waals surface area contributed by atoms with Gasteiger partial charge in [-0.25, -0.2) is 0 Å². The van der Waals surface area contributed by atoms with Crippen molar-refractivity contribution in [2.75, 3.05) is 40.8 Å². The largest absolute Gasteiger partial charge is 0.373 e. The molecule has 1 saturated heterocycles. The van der Waals surface area contributed by atoms with E-state index < -0.39 is 0 Å². The van der Waals surface area contributed by atoms with Crippen LogP contribution in [0, 0.1) is 11.3 Å². The molecule has 6 nitrogen and oxygen atoms in total. The number of carbonyl (C=O) groups excluding carboxylic acids is 1. The van der Waals surface area contributed by atoms with Crippen LogP contribution in [0.3, 0.4) is 0 Å². The topological polar surface area (TPSA) is 66.0 Å². The Balaban J connectivity index is 1.57. The lowest BCUT2D eigenvalue weighted by molar-refractivity contribution is -0.138. The number of amides is 1. The van der Waals surface area contributed by atoms with Gasteiger partial charge in [0.2, 0.25) is 5.91 Å². The van der Waals surface area contributed by atoms with Crippen molar-refractivity contribution in [2.24, 2.45) is 16.3 Å². The molecule has 2 N–H and O–H groups in total. The molecule has 1 aliphatic carbocycles. The summed E-state index contributed by atoms with van der Waals surface area (Å²) in [6, 6.07) is 10.5. The molecule has 3 rings (SSSR count). The van der Waals surface area contributed by atoms with Crippen LogP contribution >= 0.6 is 0 Å². The van der Waals surface area contributed by atoms with E-state index in [1.165, 1.54) is 5.56 Å². The second kappa shape index (κ2) is 10.1. The summed E-state index contributed by atoms with van der Waals surface area (Å²) >= 11 is 0. The third kappa shape index (κ3) is 5.30. The molecule has 1 aromatic rings. The molecule has 6 heteroatoms. The number of ether oxygens (including phenoxy) is 1. The SMILES string of the molecule is CN=C(NCC1CCCOC1c1ccccc1)NCC1(C(=O)N(C)C)CCCC1. The van der Waals surface area contributed by atoms with Crippen LogP contribution in [-0.2, 0) is 9.53 Å². The normalized spacial score (nSPS) is 24.2. The molecule has 2 unspecified atom stereocenters. The van der Waals surface area contributed by atoms with Gasteiger partial charge in [0.05, 0.1) is 11.5 Å². The Morgan fingerprint density at radius 1 is 1.17 bits per heavy atom. The molecule has 0 radical (unpaired) electrons. The number of nitrogens with zero attached hydrogens (tertiary/aromatic N) is 2. The molecule has 1 aromatic carbocycles. The van der Waals surface area contributed by atoms with Crippen LogP contribution in [0.2, 0.25) is 0 Å². The lowest BCUT2D eigenvalue weighted by atomic mass is 9.84. The van der Waals surface area contributed by atoms with E-state index in [4.69, 9.17) is 4.74 Å². The van der Waals surface area contributed by atoms with Crippen molar-refractivity contribution in [3.05, 3.63) is 35.9 Å². The lowest BCUT2D eigenvalue weighted by Crippen LogP contribution is -2.50. The zero-order chi connectivity index (χ0) is 20.7. The summed E-state index contributed by atoms with van der Waals surface area (Å²) in [5.74, 6) is 1.39. The maximum absolute atomic E-state index is 12.8. The van der Waals surface area contributed by atoms with Crippen LogP contribution in [0.4, 0.5) is 0 Å². The van der Waals surface area contributed by atoms with Crippen LogP contribution < -0.4 is 10.6 Å². The van der Waals surface area contributed by atoms with E-state index in [9.17, 15) is 4.79 Å². The number of carbonyl (C=O) groups is 1. The fourth-order valence-electron chi connectivity index (χ4n) is 4.76. The van der Waals surface area contributed by atoms with Crippen LogP contribution in [0.15, 0.2) is 35.3 Å². The van der Waals surface area contributed by atoms with Crippen molar-refractivity contribution in [3.8, 4) is 0 Å². The van der Waals surface area contributed by atoms with E-state index in [1.54, 1.807) is 11.9 Å². The van der Waals surface area contributed by atoms with E-state index in [-0.39, 0.29) is 17.4 Å². The minimum absolute atomic E-state index is 0.118. The predicted octanol–water partition coefficient (Wildman–Crippen LogP) is 2.97. The van der Waals surface area contributed by atoms with Gasteiger partial charge < -0.3 is 20.3 Å². The second-order valence-electron chi connectivity index (χ2n) is 8.60. The highest BCUT2D eigenvalue weighted by Gasteiger charge is 2.42. The summed E-state index contributed by atoms with van der Waals surface area (Å²) in [6.07, 6.45) is 6.46. The Bertz CT molecular complexity index is 683. The molecular formula is C23H36N4O2. The third-order valence-electron chi connectivity index (χ3n) is 6.34. The Labute approximate surface area is 175 Å². The van der Waals surface area contributed by atoms with Gasteiger partial charge in [-0.1, -0.05) is 43.2 Å². The zero-order valence-electron chi connectivity index (χ0n) is 18.1. The fourth-order valence-corrected chi connectivity index (χ4v) is 4.76. The van der Waals surface area contributed by atoms with E-state index in [1.807, 2.05) is 20.2 Å². The highest BCUT2D eigenvalue weighted by molar-refractivity contribution is 5.85. The molecule has 1 saturated carbocycles. The summed E-state index contributed by atoms with van der Waals surface area (Å²) in [6.45, 7) is 2.25. The van der Waals surface area contributed by atoms with E-state index >= 15 is 0 Å². The van der Waals surface area contributed by atoms with E-state index in [0.29, 0.717) is 12.5 Å². The molecule has 29 heavy (non-hydrogen) atoms. The van der Waals surface area contributed by atoms with Gasteiger partial charge in [-0.2, -0.15) is 0 Å². The number of aliphatic imine (C=N–C) groups is 1. The average molecular weight is 401 g/mol. The zero-order valence-corrected chi connectivity index (χ0v) is 18.1. The Hall–Kier alpha value is -2.08. The minimum atomic E-state index is -0.304. The molecule has 160 valence electrons. The first kappa shape index (κ1) is 21.6. The number of guanidine groups is 1. The van der Waals surface area contributed by atoms with Crippen molar-refractivity contribution in [2.45, 2.75) is 44.6 Å². The van der Waals surface area contributed by atoms with Crippen molar-refractivity contribution >= 4 is 11.9 Å². The fraction of sp³-hybridized carbons (Fsp3) is 0.652. The van der Waals surface area contributed by atoms with Gasteiger partial charge in [0.25, 0.3) is 0 Å². The van der Waals surface area contributed by atoms with Crippen molar-refractivity contribution in [1.29, 1.82) is 0 Å². The maximum atomic E-state index is 12.8. The van der Waals surface area contributed by atoms with Crippen molar-refractivity contribution in [3.63, 3.8) is 0 Å². The number of hydrogen-bond donors (Lipinski definition) is 2. The molecule has 2 atom stereocenters. The number of benzene rings is 1. The first-order valence-electron chi connectivity index (χ1n) is 10.9. The maximum Gasteiger partial charge on any atom is 0.230 e. The summed E-state index contributed by atoms with van der Waals surface area (Å²) < 4.78 is 6.11. The first-order valence-corrected chi connectivity index (χ1v) is 10.9. The molecule has 1 heterocycles. The second-order valence-corrected chi connectivity index (χ2v) is 8.60.